The number of amides is 1. The summed E-state index contributed by atoms with van der Waals surface area (Å²) in [5.74, 6) is -1.81. The van der Waals surface area contributed by atoms with Crippen LogP contribution in [0.2, 0.25) is 0 Å². The molecule has 8 heteroatoms. The number of anilines is 1. The Kier molecular flexibility index (Phi) is 6.69. The van der Waals surface area contributed by atoms with E-state index in [-0.39, 0.29) is 28.8 Å². The van der Waals surface area contributed by atoms with Crippen molar-refractivity contribution >= 4 is 35.9 Å². The third kappa shape index (κ3) is 4.45. The van der Waals surface area contributed by atoms with Crippen LogP contribution in [-0.2, 0) is 4.79 Å². The first-order valence-corrected chi connectivity index (χ1v) is 9.22. The number of nitrogens with zero attached hydrogens (tertiary/aromatic N) is 1. The number of thiol groups is 1. The van der Waals surface area contributed by atoms with Gasteiger partial charge in [0.15, 0.2) is 5.84 Å². The number of carbonyl (C=O) groups excluding carboxylic acids is 1. The minimum Gasteiger partial charge on any atom is -0.508 e. The van der Waals surface area contributed by atoms with E-state index >= 15 is 0 Å². The second-order valence-corrected chi connectivity index (χ2v) is 7.01. The van der Waals surface area contributed by atoms with E-state index in [0.29, 0.717) is 22.7 Å². The fraction of sp³-hybridized carbons (Fsp3) is 0.250. The first-order chi connectivity index (χ1) is 13.2. The lowest BCUT2D eigenvalue weighted by Crippen LogP contribution is -2.46. The predicted molar refractivity (Wildman–Crippen MR) is 113 cm³/mol. The van der Waals surface area contributed by atoms with Gasteiger partial charge < -0.3 is 15.5 Å². The molecule has 0 heterocycles. The monoisotopic (exact) mass is 400 g/mol. The molecule has 0 bridgehead atoms. The van der Waals surface area contributed by atoms with Crippen molar-refractivity contribution in [2.45, 2.75) is 31.6 Å². The standard InChI is InChI=1S/C20H24N4O3S/c1-4-23-20(27)19(22)24(12-5-7-13(28)8-6-12)18(21)15-9-14(11(2)3)16(25)10-17(15)26/h5-11,21-22,25-26,28H,4H2,1-3H3,(H,23,27). The lowest BCUT2D eigenvalue weighted by Gasteiger charge is -2.26. The van der Waals surface area contributed by atoms with E-state index in [4.69, 9.17) is 10.8 Å². The Morgan fingerprint density at radius 2 is 1.75 bits per heavy atom. The van der Waals surface area contributed by atoms with Gasteiger partial charge in [-0.2, -0.15) is 0 Å². The van der Waals surface area contributed by atoms with Crippen molar-refractivity contribution in [1.29, 1.82) is 10.8 Å². The number of benzene rings is 2. The molecule has 148 valence electrons. The number of nitrogens with one attached hydrogen (secondary N) is 3. The van der Waals surface area contributed by atoms with Crippen molar-refractivity contribution in [3.05, 3.63) is 47.5 Å². The van der Waals surface area contributed by atoms with Gasteiger partial charge in [-0.15, -0.1) is 12.6 Å². The topological polar surface area (TPSA) is 121 Å². The molecule has 0 aromatic heterocycles. The molecule has 7 nitrogen and oxygen atoms in total. The molecular weight excluding hydrogens is 376 g/mol. The molecule has 0 saturated carbocycles. The molecule has 0 aliphatic rings. The van der Waals surface area contributed by atoms with Gasteiger partial charge in [-0.25, -0.2) is 0 Å². The Labute approximate surface area is 169 Å². The van der Waals surface area contributed by atoms with Crippen LogP contribution in [0, 0.1) is 10.8 Å². The van der Waals surface area contributed by atoms with Gasteiger partial charge in [0, 0.05) is 23.2 Å². The van der Waals surface area contributed by atoms with Crippen LogP contribution in [0.3, 0.4) is 0 Å². The van der Waals surface area contributed by atoms with Gasteiger partial charge in [0.1, 0.15) is 17.3 Å². The van der Waals surface area contributed by atoms with E-state index in [9.17, 15) is 15.0 Å². The second-order valence-electron chi connectivity index (χ2n) is 6.49. The molecule has 2 aromatic carbocycles. The van der Waals surface area contributed by atoms with Crippen LogP contribution in [-0.4, -0.2) is 34.3 Å². The average molecular weight is 401 g/mol. The van der Waals surface area contributed by atoms with Crippen molar-refractivity contribution in [2.24, 2.45) is 0 Å². The lowest BCUT2D eigenvalue weighted by molar-refractivity contribution is -0.114. The molecule has 2 rings (SSSR count). The molecule has 0 aliphatic carbocycles. The number of hydrogen-bond donors (Lipinski definition) is 6. The molecule has 1 amide bonds. The highest BCUT2D eigenvalue weighted by atomic mass is 32.1. The molecule has 0 spiro atoms. The minimum absolute atomic E-state index is 0.0492. The summed E-state index contributed by atoms with van der Waals surface area (Å²) in [4.78, 5) is 14.1. The molecule has 28 heavy (non-hydrogen) atoms. The zero-order valence-electron chi connectivity index (χ0n) is 15.9. The third-order valence-electron chi connectivity index (χ3n) is 4.13. The Balaban J connectivity index is 2.59. The molecule has 5 N–H and O–H groups in total. The number of phenols is 2. The van der Waals surface area contributed by atoms with Crippen LogP contribution in [0.15, 0.2) is 41.3 Å². The van der Waals surface area contributed by atoms with Gasteiger partial charge in [-0.1, -0.05) is 13.8 Å². The Morgan fingerprint density at radius 1 is 1.14 bits per heavy atom. The van der Waals surface area contributed by atoms with Gasteiger partial charge in [0.05, 0.1) is 5.56 Å². The molecule has 0 saturated heterocycles. The van der Waals surface area contributed by atoms with Crippen LogP contribution in [0.5, 0.6) is 11.5 Å². The fourth-order valence-electron chi connectivity index (χ4n) is 2.68. The van der Waals surface area contributed by atoms with Gasteiger partial charge in [0.25, 0.3) is 5.91 Å². The van der Waals surface area contributed by atoms with E-state index in [1.807, 2.05) is 13.8 Å². The van der Waals surface area contributed by atoms with E-state index in [1.165, 1.54) is 12.1 Å². The molecule has 0 atom stereocenters. The first-order valence-electron chi connectivity index (χ1n) is 8.78. The summed E-state index contributed by atoms with van der Waals surface area (Å²) in [5.41, 5.74) is 1.05. The number of aromatic hydroxyl groups is 2. The Morgan fingerprint density at radius 3 is 2.29 bits per heavy atom. The molecule has 0 fully saturated rings. The van der Waals surface area contributed by atoms with Crippen molar-refractivity contribution < 1.29 is 15.0 Å². The number of hydrogen-bond acceptors (Lipinski definition) is 6. The quantitative estimate of drug-likeness (QED) is 0.267. The zero-order valence-corrected chi connectivity index (χ0v) is 16.8. The number of likely N-dealkylation sites (N-methyl/N-ethyl adjacent to an activating group) is 1. The smallest absolute Gasteiger partial charge is 0.287 e. The fourth-order valence-corrected chi connectivity index (χ4v) is 2.83. The molecule has 0 radical (unpaired) electrons. The maximum absolute atomic E-state index is 12.3. The molecule has 2 aromatic rings. The van der Waals surface area contributed by atoms with Crippen LogP contribution < -0.4 is 10.2 Å². The van der Waals surface area contributed by atoms with Gasteiger partial charge in [0.2, 0.25) is 0 Å². The SMILES string of the molecule is CCNC(=O)C(=N)N(C(=N)c1cc(C(C)C)c(O)cc1O)c1ccc(S)cc1. The number of rotatable bonds is 4. The van der Waals surface area contributed by atoms with Crippen LogP contribution in [0.1, 0.15) is 37.8 Å². The van der Waals surface area contributed by atoms with E-state index < -0.39 is 11.7 Å². The zero-order chi connectivity index (χ0) is 21.0. The van der Waals surface area contributed by atoms with E-state index in [2.05, 4.69) is 17.9 Å². The summed E-state index contributed by atoms with van der Waals surface area (Å²) in [6.07, 6.45) is 0. The predicted octanol–water partition coefficient (Wildman–Crippen LogP) is 3.46. The number of phenolic OH excluding ortho intramolecular Hbond substituents is 2. The van der Waals surface area contributed by atoms with Crippen LogP contribution in [0.25, 0.3) is 0 Å². The highest BCUT2D eigenvalue weighted by Gasteiger charge is 2.26. The molecule has 0 aliphatic heterocycles. The van der Waals surface area contributed by atoms with Gasteiger partial charge in [-0.05, 0) is 48.7 Å². The maximum Gasteiger partial charge on any atom is 0.287 e. The van der Waals surface area contributed by atoms with Crippen molar-refractivity contribution in [2.75, 3.05) is 11.4 Å². The van der Waals surface area contributed by atoms with Gasteiger partial charge >= 0.3 is 0 Å². The second kappa shape index (κ2) is 8.79. The summed E-state index contributed by atoms with van der Waals surface area (Å²) >= 11 is 4.24. The van der Waals surface area contributed by atoms with Crippen molar-refractivity contribution in [3.8, 4) is 11.5 Å². The molecule has 0 unspecified atom stereocenters. The van der Waals surface area contributed by atoms with Crippen molar-refractivity contribution in [3.63, 3.8) is 0 Å². The summed E-state index contributed by atoms with van der Waals surface area (Å²) in [6.45, 7) is 5.82. The highest BCUT2D eigenvalue weighted by molar-refractivity contribution is 7.80. The van der Waals surface area contributed by atoms with Crippen molar-refractivity contribution in [1.82, 2.24) is 5.32 Å². The summed E-state index contributed by atoms with van der Waals surface area (Å²) in [7, 11) is 0. The maximum atomic E-state index is 12.3. The Bertz CT molecular complexity index is 910. The minimum atomic E-state index is -0.649. The summed E-state index contributed by atoms with van der Waals surface area (Å²) in [5, 5.41) is 39.9. The number of amidine groups is 2. The van der Waals surface area contributed by atoms with E-state index in [1.54, 1.807) is 31.2 Å². The lowest BCUT2D eigenvalue weighted by atomic mass is 9.98. The van der Waals surface area contributed by atoms with E-state index in [0.717, 1.165) is 4.90 Å². The third-order valence-corrected chi connectivity index (χ3v) is 4.43. The highest BCUT2D eigenvalue weighted by Crippen LogP contribution is 2.33. The molecular formula is C20H24N4O3S. The first kappa shape index (κ1) is 21.3. The largest absolute Gasteiger partial charge is 0.508 e. The normalized spacial score (nSPS) is 10.6. The summed E-state index contributed by atoms with van der Waals surface area (Å²) < 4.78 is 0. The number of carbonyl (C=O) groups is 1. The average Bonchev–Trinajstić information content (AvgIpc) is 2.63. The Hall–Kier alpha value is -3.00. The summed E-state index contributed by atoms with van der Waals surface area (Å²) in [6, 6.07) is 9.30. The van der Waals surface area contributed by atoms with Crippen LogP contribution >= 0.6 is 12.6 Å². The van der Waals surface area contributed by atoms with Gasteiger partial charge in [-0.3, -0.25) is 20.5 Å². The van der Waals surface area contributed by atoms with Crippen LogP contribution in [0.4, 0.5) is 5.69 Å².